The molecule has 0 saturated carbocycles. The van der Waals surface area contributed by atoms with Crippen molar-refractivity contribution in [2.45, 2.75) is 32.4 Å². The lowest BCUT2D eigenvalue weighted by molar-refractivity contribution is -0.143. The summed E-state index contributed by atoms with van der Waals surface area (Å²) in [6.45, 7) is 5.71. The first kappa shape index (κ1) is 20.0. The van der Waals surface area contributed by atoms with Crippen molar-refractivity contribution >= 4 is 22.8 Å². The highest BCUT2D eigenvalue weighted by atomic mass is 32.2. The maximum atomic E-state index is 13.0. The molecule has 0 radical (unpaired) electrons. The number of aryl methyl sites for hydroxylation is 2. The predicted molar refractivity (Wildman–Crippen MR) is 101 cm³/mol. The molecule has 0 aliphatic rings. The second-order valence-electron chi connectivity index (χ2n) is 6.13. The Kier molecular flexibility index (Phi) is 6.83. The fourth-order valence-electron chi connectivity index (χ4n) is 2.87. The molecule has 2 unspecified atom stereocenters. The topological polar surface area (TPSA) is 80.7 Å². The highest BCUT2D eigenvalue weighted by Crippen LogP contribution is 2.25. The summed E-state index contributed by atoms with van der Waals surface area (Å²) < 4.78 is 25.0. The third kappa shape index (κ3) is 5.09. The smallest absolute Gasteiger partial charge is 0.321 e. The van der Waals surface area contributed by atoms with E-state index in [1.165, 1.54) is 0 Å². The number of hydrogen-bond acceptors (Lipinski definition) is 4. The van der Waals surface area contributed by atoms with Gasteiger partial charge >= 0.3 is 5.97 Å². The maximum Gasteiger partial charge on any atom is 0.321 e. The molecule has 2 rings (SSSR count). The van der Waals surface area contributed by atoms with E-state index < -0.39 is 23.0 Å². The molecule has 2 aromatic carbocycles. The number of esters is 1. The molecule has 0 aromatic heterocycles. The van der Waals surface area contributed by atoms with Gasteiger partial charge in [-0.15, -0.1) is 0 Å². The van der Waals surface area contributed by atoms with Gasteiger partial charge < -0.3 is 9.29 Å². The molecule has 2 atom stereocenters. The van der Waals surface area contributed by atoms with Crippen molar-refractivity contribution in [2.75, 3.05) is 6.61 Å². The van der Waals surface area contributed by atoms with E-state index >= 15 is 0 Å². The summed E-state index contributed by atoms with van der Waals surface area (Å²) >= 11 is -1.95. The summed E-state index contributed by atoms with van der Waals surface area (Å²) in [7, 11) is 0. The average molecular weight is 374 g/mol. The summed E-state index contributed by atoms with van der Waals surface area (Å²) in [6, 6.07) is 12.0. The number of rotatable bonds is 7. The number of benzene rings is 2. The lowest BCUT2D eigenvalue weighted by Gasteiger charge is -2.16. The highest BCUT2D eigenvalue weighted by Gasteiger charge is 2.31. The molecular formula is C20H22O5S. The third-order valence-electron chi connectivity index (χ3n) is 3.89. The Morgan fingerprint density at radius 3 is 2.15 bits per heavy atom. The van der Waals surface area contributed by atoms with Gasteiger partial charge in [-0.2, -0.15) is 0 Å². The van der Waals surface area contributed by atoms with Crippen molar-refractivity contribution in [1.29, 1.82) is 0 Å². The van der Waals surface area contributed by atoms with Crippen LogP contribution >= 0.6 is 0 Å². The van der Waals surface area contributed by atoms with E-state index in [-0.39, 0.29) is 18.1 Å². The van der Waals surface area contributed by atoms with E-state index in [0.29, 0.717) is 16.7 Å². The molecule has 0 bridgehead atoms. The van der Waals surface area contributed by atoms with Crippen LogP contribution in [0.25, 0.3) is 0 Å². The van der Waals surface area contributed by atoms with Crippen molar-refractivity contribution in [3.8, 4) is 0 Å². The van der Waals surface area contributed by atoms with Gasteiger partial charge in [0, 0.05) is 5.56 Å². The third-order valence-corrected chi connectivity index (χ3v) is 4.47. The SMILES string of the molecule is CCOC(=O)C(C(=O)c1ccc(CS(=O)O)cc1)c1cc(C)cc(C)c1. The van der Waals surface area contributed by atoms with Crippen LogP contribution in [-0.4, -0.2) is 27.1 Å². The van der Waals surface area contributed by atoms with Gasteiger partial charge in [0.1, 0.15) is 5.92 Å². The van der Waals surface area contributed by atoms with Gasteiger partial charge in [-0.1, -0.05) is 53.6 Å². The first-order chi connectivity index (χ1) is 12.3. The minimum absolute atomic E-state index is 0.00709. The molecule has 0 heterocycles. The first-order valence-corrected chi connectivity index (χ1v) is 9.54. The van der Waals surface area contributed by atoms with Crippen LogP contribution in [0.2, 0.25) is 0 Å². The van der Waals surface area contributed by atoms with Gasteiger partial charge in [-0.05, 0) is 31.9 Å². The van der Waals surface area contributed by atoms with E-state index in [0.717, 1.165) is 11.1 Å². The van der Waals surface area contributed by atoms with Gasteiger partial charge in [0.25, 0.3) is 0 Å². The molecule has 0 saturated heterocycles. The molecule has 26 heavy (non-hydrogen) atoms. The molecule has 0 amide bonds. The normalized spacial score (nSPS) is 13.1. The van der Waals surface area contributed by atoms with E-state index in [1.54, 1.807) is 31.2 Å². The monoisotopic (exact) mass is 374 g/mol. The molecule has 2 aromatic rings. The fourth-order valence-corrected chi connectivity index (χ4v) is 3.35. The Labute approximate surface area is 155 Å². The molecule has 0 spiro atoms. The fraction of sp³-hybridized carbons (Fsp3) is 0.300. The Morgan fingerprint density at radius 2 is 1.65 bits per heavy atom. The number of carbonyl (C=O) groups excluding carboxylic acids is 2. The second kappa shape index (κ2) is 8.87. The molecule has 0 fully saturated rings. The van der Waals surface area contributed by atoms with Crippen LogP contribution in [0.4, 0.5) is 0 Å². The van der Waals surface area contributed by atoms with Crippen LogP contribution in [-0.2, 0) is 26.4 Å². The molecule has 6 heteroatoms. The maximum absolute atomic E-state index is 13.0. The van der Waals surface area contributed by atoms with Crippen molar-refractivity contribution in [2.24, 2.45) is 0 Å². The zero-order chi connectivity index (χ0) is 19.3. The van der Waals surface area contributed by atoms with Crippen LogP contribution in [0.15, 0.2) is 42.5 Å². The number of carbonyl (C=O) groups is 2. The summed E-state index contributed by atoms with van der Waals surface area (Å²) in [5.41, 5.74) is 3.52. The number of Topliss-reactive ketones (excluding diaryl/α,β-unsaturated/α-hetero) is 1. The van der Waals surface area contributed by atoms with Crippen molar-refractivity contribution in [3.05, 3.63) is 70.3 Å². The van der Waals surface area contributed by atoms with Crippen LogP contribution in [0.3, 0.4) is 0 Å². The molecular weight excluding hydrogens is 352 g/mol. The van der Waals surface area contributed by atoms with Gasteiger partial charge in [0.05, 0.1) is 12.4 Å². The Morgan fingerprint density at radius 1 is 1.08 bits per heavy atom. The van der Waals surface area contributed by atoms with Crippen molar-refractivity contribution in [1.82, 2.24) is 0 Å². The van der Waals surface area contributed by atoms with E-state index in [4.69, 9.17) is 9.29 Å². The molecule has 1 N–H and O–H groups in total. The minimum Gasteiger partial charge on any atom is -0.465 e. The highest BCUT2D eigenvalue weighted by molar-refractivity contribution is 7.78. The van der Waals surface area contributed by atoms with Crippen LogP contribution in [0.5, 0.6) is 0 Å². The zero-order valence-electron chi connectivity index (χ0n) is 15.0. The summed E-state index contributed by atoms with van der Waals surface area (Å²) in [4.78, 5) is 25.5. The zero-order valence-corrected chi connectivity index (χ0v) is 15.8. The lowest BCUT2D eigenvalue weighted by atomic mass is 9.88. The van der Waals surface area contributed by atoms with Crippen LogP contribution < -0.4 is 0 Å². The Bertz CT molecular complexity index is 806. The summed E-state index contributed by atoms with van der Waals surface area (Å²) in [5, 5.41) is 0. The van der Waals surface area contributed by atoms with Crippen LogP contribution in [0, 0.1) is 13.8 Å². The number of hydrogen-bond donors (Lipinski definition) is 1. The second-order valence-corrected chi connectivity index (χ2v) is 7.06. The van der Waals surface area contributed by atoms with Crippen LogP contribution in [0.1, 0.15) is 45.5 Å². The Hall–Kier alpha value is -2.31. The largest absolute Gasteiger partial charge is 0.465 e. The number of ketones is 1. The van der Waals surface area contributed by atoms with Gasteiger partial charge in [0.15, 0.2) is 16.9 Å². The molecule has 0 aliphatic carbocycles. The quantitative estimate of drug-likeness (QED) is 0.347. The van der Waals surface area contributed by atoms with E-state index in [2.05, 4.69) is 0 Å². The lowest BCUT2D eigenvalue weighted by Crippen LogP contribution is -2.24. The van der Waals surface area contributed by atoms with E-state index in [1.807, 2.05) is 32.0 Å². The molecule has 138 valence electrons. The average Bonchev–Trinajstić information content (AvgIpc) is 2.54. The Balaban J connectivity index is 2.39. The van der Waals surface area contributed by atoms with Gasteiger partial charge in [-0.3, -0.25) is 9.59 Å². The number of ether oxygens (including phenoxy) is 1. The van der Waals surface area contributed by atoms with Crippen molar-refractivity contribution < 1.29 is 23.1 Å². The van der Waals surface area contributed by atoms with Crippen molar-refractivity contribution in [3.63, 3.8) is 0 Å². The standard InChI is InChI=1S/C20H22O5S/c1-4-25-20(22)18(17-10-13(2)9-14(3)11-17)19(21)16-7-5-15(6-8-16)12-26(23)24/h5-11,18H,4,12H2,1-3H3,(H,23,24). The van der Waals surface area contributed by atoms with Gasteiger partial charge in [-0.25, -0.2) is 4.21 Å². The van der Waals surface area contributed by atoms with Gasteiger partial charge in [0.2, 0.25) is 0 Å². The summed E-state index contributed by atoms with van der Waals surface area (Å²) in [6.07, 6.45) is 0. The first-order valence-electron chi connectivity index (χ1n) is 8.27. The molecule has 5 nitrogen and oxygen atoms in total. The predicted octanol–water partition coefficient (Wildman–Crippen LogP) is 3.55. The molecule has 0 aliphatic heterocycles. The summed E-state index contributed by atoms with van der Waals surface area (Å²) in [5.74, 6) is -1.98. The van der Waals surface area contributed by atoms with E-state index in [9.17, 15) is 13.8 Å². The minimum atomic E-state index is -1.95.